The van der Waals surface area contributed by atoms with Crippen molar-refractivity contribution in [2.45, 2.75) is 6.10 Å². The van der Waals surface area contributed by atoms with Gasteiger partial charge in [0.05, 0.1) is 6.21 Å². The average molecular weight is 288 g/mol. The standard InChI is InChI=1S/C19H16N2O/c1-3-7-17(8-4-1)19(18-9-5-2-6-10-18)22-21-15-16-11-13-20-14-12-16/h1-15,19H/b21-15+. The van der Waals surface area contributed by atoms with E-state index in [2.05, 4.69) is 10.1 Å². The summed E-state index contributed by atoms with van der Waals surface area (Å²) in [7, 11) is 0. The molecule has 0 atom stereocenters. The first kappa shape index (κ1) is 14.0. The molecule has 0 aliphatic heterocycles. The smallest absolute Gasteiger partial charge is 0.177 e. The maximum absolute atomic E-state index is 5.77. The van der Waals surface area contributed by atoms with Gasteiger partial charge in [0.1, 0.15) is 0 Å². The first-order chi connectivity index (χ1) is 10.9. The van der Waals surface area contributed by atoms with E-state index in [4.69, 9.17) is 4.84 Å². The summed E-state index contributed by atoms with van der Waals surface area (Å²) in [4.78, 5) is 9.75. The van der Waals surface area contributed by atoms with Crippen molar-refractivity contribution in [2.24, 2.45) is 5.16 Å². The minimum atomic E-state index is -0.222. The first-order valence-electron chi connectivity index (χ1n) is 7.12. The van der Waals surface area contributed by atoms with Crippen LogP contribution in [-0.4, -0.2) is 11.2 Å². The molecule has 3 heteroatoms. The zero-order chi connectivity index (χ0) is 15.0. The van der Waals surface area contributed by atoms with Crippen molar-refractivity contribution in [3.63, 3.8) is 0 Å². The summed E-state index contributed by atoms with van der Waals surface area (Å²) in [6, 6.07) is 23.9. The predicted octanol–water partition coefficient (Wildman–Crippen LogP) is 4.22. The van der Waals surface area contributed by atoms with Gasteiger partial charge >= 0.3 is 0 Å². The molecule has 2 aromatic carbocycles. The number of oxime groups is 1. The lowest BCUT2D eigenvalue weighted by atomic mass is 10.0. The lowest BCUT2D eigenvalue weighted by Crippen LogP contribution is -2.03. The quantitative estimate of drug-likeness (QED) is 0.520. The summed E-state index contributed by atoms with van der Waals surface area (Å²) in [5.41, 5.74) is 3.09. The number of pyridine rings is 1. The van der Waals surface area contributed by atoms with Crippen molar-refractivity contribution in [1.29, 1.82) is 0 Å². The number of aromatic nitrogens is 1. The van der Waals surface area contributed by atoms with Crippen LogP contribution in [-0.2, 0) is 4.84 Å². The predicted molar refractivity (Wildman–Crippen MR) is 87.6 cm³/mol. The number of nitrogens with zero attached hydrogens (tertiary/aromatic N) is 2. The third kappa shape index (κ3) is 3.58. The molecule has 0 N–H and O–H groups in total. The molecule has 0 spiro atoms. The Morgan fingerprint density at radius 1 is 0.773 bits per heavy atom. The molecular weight excluding hydrogens is 272 g/mol. The van der Waals surface area contributed by atoms with Gasteiger partial charge < -0.3 is 4.84 Å². The molecule has 0 unspecified atom stereocenters. The van der Waals surface area contributed by atoms with Crippen molar-refractivity contribution < 1.29 is 4.84 Å². The summed E-state index contributed by atoms with van der Waals surface area (Å²) in [6.45, 7) is 0. The second kappa shape index (κ2) is 7.18. The number of benzene rings is 2. The van der Waals surface area contributed by atoms with Crippen molar-refractivity contribution in [3.8, 4) is 0 Å². The lowest BCUT2D eigenvalue weighted by Gasteiger charge is -2.15. The molecule has 0 aliphatic rings. The molecule has 0 bridgehead atoms. The molecule has 0 radical (unpaired) electrons. The van der Waals surface area contributed by atoms with E-state index in [9.17, 15) is 0 Å². The average Bonchev–Trinajstić information content (AvgIpc) is 2.61. The van der Waals surface area contributed by atoms with Crippen LogP contribution < -0.4 is 0 Å². The largest absolute Gasteiger partial charge is 0.383 e. The normalized spacial score (nSPS) is 11.0. The zero-order valence-electron chi connectivity index (χ0n) is 12.0. The highest BCUT2D eigenvalue weighted by molar-refractivity contribution is 5.78. The van der Waals surface area contributed by atoms with E-state index in [0.29, 0.717) is 0 Å². The van der Waals surface area contributed by atoms with Crippen LogP contribution in [0.25, 0.3) is 0 Å². The van der Waals surface area contributed by atoms with Gasteiger partial charge in [0.2, 0.25) is 0 Å². The van der Waals surface area contributed by atoms with Crippen LogP contribution in [0.4, 0.5) is 0 Å². The van der Waals surface area contributed by atoms with Gasteiger partial charge in [0.15, 0.2) is 6.10 Å². The molecule has 3 nitrogen and oxygen atoms in total. The van der Waals surface area contributed by atoms with Gasteiger partial charge in [-0.05, 0) is 28.8 Å². The highest BCUT2D eigenvalue weighted by Crippen LogP contribution is 2.25. The van der Waals surface area contributed by atoms with E-state index >= 15 is 0 Å². The van der Waals surface area contributed by atoms with Crippen LogP contribution in [0.5, 0.6) is 0 Å². The fourth-order valence-electron chi connectivity index (χ4n) is 2.17. The van der Waals surface area contributed by atoms with Crippen molar-refractivity contribution >= 4 is 6.21 Å². The topological polar surface area (TPSA) is 34.5 Å². The Morgan fingerprint density at radius 2 is 1.32 bits per heavy atom. The van der Waals surface area contributed by atoms with E-state index in [1.165, 1.54) is 0 Å². The van der Waals surface area contributed by atoms with E-state index in [1.807, 2.05) is 72.8 Å². The maximum atomic E-state index is 5.77. The molecule has 0 aliphatic carbocycles. The Hall–Kier alpha value is -2.94. The first-order valence-corrected chi connectivity index (χ1v) is 7.12. The van der Waals surface area contributed by atoms with Crippen LogP contribution >= 0.6 is 0 Å². The van der Waals surface area contributed by atoms with Gasteiger partial charge in [-0.3, -0.25) is 4.98 Å². The van der Waals surface area contributed by atoms with Crippen LogP contribution in [0, 0.1) is 0 Å². The van der Waals surface area contributed by atoms with Crippen LogP contribution in [0.15, 0.2) is 90.3 Å². The highest BCUT2D eigenvalue weighted by Gasteiger charge is 2.14. The molecule has 108 valence electrons. The number of rotatable bonds is 5. The minimum absolute atomic E-state index is 0.222. The van der Waals surface area contributed by atoms with Gasteiger partial charge in [-0.15, -0.1) is 0 Å². The second-order valence-corrected chi connectivity index (χ2v) is 4.82. The molecule has 22 heavy (non-hydrogen) atoms. The van der Waals surface area contributed by atoms with Gasteiger partial charge in [-0.2, -0.15) is 0 Å². The van der Waals surface area contributed by atoms with Gasteiger partial charge in [0.25, 0.3) is 0 Å². The summed E-state index contributed by atoms with van der Waals surface area (Å²) < 4.78 is 0. The summed E-state index contributed by atoms with van der Waals surface area (Å²) in [5, 5.41) is 4.14. The fraction of sp³-hybridized carbons (Fsp3) is 0.0526. The molecule has 0 fully saturated rings. The van der Waals surface area contributed by atoms with Crippen molar-refractivity contribution in [1.82, 2.24) is 4.98 Å². The molecular formula is C19H16N2O. The van der Waals surface area contributed by atoms with E-state index < -0.39 is 0 Å². The van der Waals surface area contributed by atoms with Gasteiger partial charge in [-0.1, -0.05) is 65.8 Å². The fourth-order valence-corrected chi connectivity index (χ4v) is 2.17. The Bertz CT molecular complexity index is 673. The van der Waals surface area contributed by atoms with E-state index in [0.717, 1.165) is 16.7 Å². The molecule has 3 rings (SSSR count). The third-order valence-electron chi connectivity index (χ3n) is 3.28. The Morgan fingerprint density at radius 3 is 1.86 bits per heavy atom. The molecule has 3 aromatic rings. The van der Waals surface area contributed by atoms with Gasteiger partial charge in [-0.25, -0.2) is 0 Å². The molecule has 0 amide bonds. The van der Waals surface area contributed by atoms with Crippen molar-refractivity contribution in [3.05, 3.63) is 102 Å². The summed E-state index contributed by atoms with van der Waals surface area (Å²) >= 11 is 0. The number of hydrogen-bond donors (Lipinski definition) is 0. The summed E-state index contributed by atoms with van der Waals surface area (Å²) in [6.07, 6.45) is 4.93. The number of hydrogen-bond acceptors (Lipinski definition) is 3. The second-order valence-electron chi connectivity index (χ2n) is 4.82. The van der Waals surface area contributed by atoms with Crippen LogP contribution in [0.2, 0.25) is 0 Å². The lowest BCUT2D eigenvalue weighted by molar-refractivity contribution is 0.0888. The molecule has 1 heterocycles. The van der Waals surface area contributed by atoms with Crippen LogP contribution in [0.1, 0.15) is 22.8 Å². The Kier molecular flexibility index (Phi) is 4.57. The van der Waals surface area contributed by atoms with E-state index in [1.54, 1.807) is 18.6 Å². The Labute approximate surface area is 129 Å². The zero-order valence-corrected chi connectivity index (χ0v) is 12.0. The third-order valence-corrected chi connectivity index (χ3v) is 3.28. The molecule has 0 saturated carbocycles. The maximum Gasteiger partial charge on any atom is 0.177 e. The van der Waals surface area contributed by atoms with Crippen molar-refractivity contribution in [2.75, 3.05) is 0 Å². The molecule has 1 aromatic heterocycles. The monoisotopic (exact) mass is 288 g/mol. The highest BCUT2D eigenvalue weighted by atomic mass is 16.6. The SMILES string of the molecule is C(=N\OC(c1ccccc1)c1ccccc1)/c1ccncc1. The van der Waals surface area contributed by atoms with Gasteiger partial charge in [0, 0.05) is 12.4 Å². The van der Waals surface area contributed by atoms with Crippen LogP contribution in [0.3, 0.4) is 0 Å². The Balaban J connectivity index is 1.82. The molecule has 0 saturated heterocycles. The van der Waals surface area contributed by atoms with E-state index in [-0.39, 0.29) is 6.10 Å². The summed E-state index contributed by atoms with van der Waals surface area (Å²) in [5.74, 6) is 0. The minimum Gasteiger partial charge on any atom is -0.383 e.